The molecule has 0 spiro atoms. The van der Waals surface area contributed by atoms with Gasteiger partial charge in [0.15, 0.2) is 0 Å². The Bertz CT molecular complexity index is 181. The minimum Gasteiger partial charge on any atom is -0.311 e. The van der Waals surface area contributed by atoms with E-state index in [9.17, 15) is 0 Å². The molecule has 13 heavy (non-hydrogen) atoms. The molecule has 4 rings (SSSR count). The summed E-state index contributed by atoms with van der Waals surface area (Å²) in [5.41, 5.74) is 0. The first-order valence-corrected chi connectivity index (χ1v) is 5.90. The Hall–Kier alpha value is -0.0800. The Kier molecular flexibility index (Phi) is 2.06. The minimum absolute atomic E-state index is 0.861. The first-order valence-electron chi connectivity index (χ1n) is 5.90. The summed E-state index contributed by atoms with van der Waals surface area (Å²) in [6, 6.07) is 1.76. The zero-order valence-electron chi connectivity index (χ0n) is 8.34. The Morgan fingerprint density at radius 3 is 2.23 bits per heavy atom. The minimum atomic E-state index is 0.861. The second-order valence-corrected chi connectivity index (χ2v) is 5.02. The number of nitrogens with zero attached hydrogens (tertiary/aromatic N) is 1. The molecule has 0 amide bonds. The van der Waals surface area contributed by atoms with Gasteiger partial charge in [0.05, 0.1) is 0 Å². The van der Waals surface area contributed by atoms with Gasteiger partial charge >= 0.3 is 0 Å². The topological polar surface area (TPSA) is 15.3 Å². The Labute approximate surface area is 80.7 Å². The maximum absolute atomic E-state index is 3.83. The predicted octanol–water partition coefficient (Wildman–Crippen LogP) is 1.22. The summed E-state index contributed by atoms with van der Waals surface area (Å²) in [5, 5.41) is 3.83. The van der Waals surface area contributed by atoms with E-state index in [0.29, 0.717) is 0 Å². The molecule has 3 heterocycles. The largest absolute Gasteiger partial charge is 0.311 e. The molecule has 2 bridgehead atoms. The van der Waals surface area contributed by atoms with Gasteiger partial charge in [-0.05, 0) is 57.7 Å². The first-order chi connectivity index (χ1) is 6.42. The summed E-state index contributed by atoms with van der Waals surface area (Å²) in [4.78, 5) is 2.64. The molecule has 1 saturated carbocycles. The van der Waals surface area contributed by atoms with Crippen LogP contribution in [0.1, 0.15) is 32.1 Å². The summed E-state index contributed by atoms with van der Waals surface area (Å²) in [6.45, 7) is 4.09. The van der Waals surface area contributed by atoms with Gasteiger partial charge < -0.3 is 10.2 Å². The lowest BCUT2D eigenvalue weighted by atomic mass is 9.90. The van der Waals surface area contributed by atoms with Crippen molar-refractivity contribution in [3.8, 4) is 0 Å². The Morgan fingerprint density at radius 1 is 0.846 bits per heavy atom. The SMILES string of the molecule is C1CC1NC1CCN2CCC1CC2. The van der Waals surface area contributed by atoms with Gasteiger partial charge in [0.1, 0.15) is 0 Å². The molecular formula is C11H20N2. The van der Waals surface area contributed by atoms with Crippen LogP contribution in [0.3, 0.4) is 0 Å². The van der Waals surface area contributed by atoms with E-state index in [1.807, 2.05) is 0 Å². The van der Waals surface area contributed by atoms with E-state index in [1.165, 1.54) is 51.7 Å². The molecule has 1 aliphatic carbocycles. The number of hydrogen-bond donors (Lipinski definition) is 1. The molecule has 4 aliphatic rings. The van der Waals surface area contributed by atoms with E-state index in [4.69, 9.17) is 0 Å². The lowest BCUT2D eigenvalue weighted by molar-refractivity contribution is 0.214. The van der Waals surface area contributed by atoms with Crippen LogP contribution in [0.15, 0.2) is 0 Å². The fourth-order valence-electron chi connectivity index (χ4n) is 2.91. The second-order valence-electron chi connectivity index (χ2n) is 5.02. The Balaban J connectivity index is 1.64. The lowest BCUT2D eigenvalue weighted by Crippen LogP contribution is -2.38. The van der Waals surface area contributed by atoms with Gasteiger partial charge in [-0.2, -0.15) is 0 Å². The maximum atomic E-state index is 3.83. The van der Waals surface area contributed by atoms with Crippen LogP contribution in [0.2, 0.25) is 0 Å². The van der Waals surface area contributed by atoms with Crippen LogP contribution in [-0.2, 0) is 0 Å². The van der Waals surface area contributed by atoms with Gasteiger partial charge in [0.25, 0.3) is 0 Å². The summed E-state index contributed by atoms with van der Waals surface area (Å²) in [7, 11) is 0. The number of nitrogens with one attached hydrogen (secondary N) is 1. The lowest BCUT2D eigenvalue weighted by Gasteiger charge is -2.29. The van der Waals surface area contributed by atoms with Crippen LogP contribution in [0, 0.1) is 5.92 Å². The third kappa shape index (κ3) is 1.75. The van der Waals surface area contributed by atoms with Crippen molar-refractivity contribution >= 4 is 0 Å². The molecule has 3 saturated heterocycles. The molecule has 1 unspecified atom stereocenters. The zero-order valence-corrected chi connectivity index (χ0v) is 8.34. The van der Waals surface area contributed by atoms with Gasteiger partial charge in [-0.15, -0.1) is 0 Å². The predicted molar refractivity (Wildman–Crippen MR) is 53.7 cm³/mol. The van der Waals surface area contributed by atoms with E-state index < -0.39 is 0 Å². The molecule has 0 aromatic carbocycles. The normalized spacial score (nSPS) is 44.8. The smallest absolute Gasteiger partial charge is 0.0111 e. The van der Waals surface area contributed by atoms with Crippen LogP contribution < -0.4 is 5.32 Å². The molecule has 3 aliphatic heterocycles. The van der Waals surface area contributed by atoms with Gasteiger partial charge in [0.2, 0.25) is 0 Å². The quantitative estimate of drug-likeness (QED) is 0.687. The van der Waals surface area contributed by atoms with Crippen molar-refractivity contribution in [2.75, 3.05) is 19.6 Å². The Morgan fingerprint density at radius 2 is 1.54 bits per heavy atom. The van der Waals surface area contributed by atoms with Crippen molar-refractivity contribution in [2.24, 2.45) is 5.92 Å². The third-order valence-electron chi connectivity index (χ3n) is 3.98. The summed E-state index contributed by atoms with van der Waals surface area (Å²) in [5.74, 6) is 0.999. The summed E-state index contributed by atoms with van der Waals surface area (Å²) >= 11 is 0. The highest BCUT2D eigenvalue weighted by molar-refractivity contribution is 4.92. The van der Waals surface area contributed by atoms with Crippen LogP contribution in [0.4, 0.5) is 0 Å². The van der Waals surface area contributed by atoms with Gasteiger partial charge in [-0.25, -0.2) is 0 Å². The molecule has 2 heteroatoms. The van der Waals surface area contributed by atoms with Gasteiger partial charge in [-0.3, -0.25) is 0 Å². The molecule has 2 nitrogen and oxygen atoms in total. The molecule has 1 atom stereocenters. The monoisotopic (exact) mass is 180 g/mol. The number of hydrogen-bond acceptors (Lipinski definition) is 2. The van der Waals surface area contributed by atoms with Crippen molar-refractivity contribution in [1.29, 1.82) is 0 Å². The van der Waals surface area contributed by atoms with E-state index in [0.717, 1.165) is 18.0 Å². The van der Waals surface area contributed by atoms with Crippen molar-refractivity contribution in [3.63, 3.8) is 0 Å². The van der Waals surface area contributed by atoms with Crippen molar-refractivity contribution in [3.05, 3.63) is 0 Å². The molecule has 0 aromatic rings. The highest BCUT2D eigenvalue weighted by Crippen LogP contribution is 2.30. The van der Waals surface area contributed by atoms with E-state index in [-0.39, 0.29) is 0 Å². The van der Waals surface area contributed by atoms with Crippen molar-refractivity contribution in [1.82, 2.24) is 10.2 Å². The van der Waals surface area contributed by atoms with Crippen molar-refractivity contribution in [2.45, 2.75) is 44.2 Å². The highest BCUT2D eigenvalue weighted by Gasteiger charge is 2.34. The average Bonchev–Trinajstić information content (AvgIpc) is 2.97. The zero-order chi connectivity index (χ0) is 8.67. The molecule has 1 N–H and O–H groups in total. The van der Waals surface area contributed by atoms with E-state index >= 15 is 0 Å². The second kappa shape index (κ2) is 3.25. The van der Waals surface area contributed by atoms with E-state index in [1.54, 1.807) is 0 Å². The maximum Gasteiger partial charge on any atom is 0.0111 e. The standard InChI is InChI=1S/C11H20N2/c1-2-10(1)12-11-5-8-13-6-3-9(11)4-7-13/h9-12H,1-8H2. The van der Waals surface area contributed by atoms with E-state index in [2.05, 4.69) is 10.2 Å². The molecule has 4 fully saturated rings. The molecule has 0 radical (unpaired) electrons. The molecular weight excluding hydrogens is 160 g/mol. The molecule has 0 aromatic heterocycles. The summed E-state index contributed by atoms with van der Waals surface area (Å²) in [6.07, 6.45) is 7.18. The highest BCUT2D eigenvalue weighted by atomic mass is 15.1. The fourth-order valence-corrected chi connectivity index (χ4v) is 2.91. The van der Waals surface area contributed by atoms with Crippen LogP contribution in [-0.4, -0.2) is 36.6 Å². The first kappa shape index (κ1) is 8.25. The van der Waals surface area contributed by atoms with Gasteiger partial charge in [-0.1, -0.05) is 0 Å². The van der Waals surface area contributed by atoms with Crippen LogP contribution >= 0.6 is 0 Å². The number of piperidine rings is 1. The summed E-state index contributed by atoms with van der Waals surface area (Å²) < 4.78 is 0. The average molecular weight is 180 g/mol. The number of rotatable bonds is 2. The van der Waals surface area contributed by atoms with Gasteiger partial charge in [0, 0.05) is 12.1 Å². The van der Waals surface area contributed by atoms with Crippen molar-refractivity contribution < 1.29 is 0 Å². The van der Waals surface area contributed by atoms with Crippen LogP contribution in [0.25, 0.3) is 0 Å². The third-order valence-corrected chi connectivity index (χ3v) is 3.98. The fraction of sp³-hybridized carbons (Fsp3) is 1.00. The van der Waals surface area contributed by atoms with Crippen LogP contribution in [0.5, 0.6) is 0 Å². The number of fused-ring (bicyclic) bond motifs is 4. The molecule has 74 valence electrons.